The van der Waals surface area contributed by atoms with Crippen LogP contribution in [-0.2, 0) is 4.79 Å². The van der Waals surface area contributed by atoms with Gasteiger partial charge in [-0.2, -0.15) is 10.4 Å². The molecule has 1 aliphatic carbocycles. The Hall–Kier alpha value is -5.23. The van der Waals surface area contributed by atoms with Gasteiger partial charge in [-0.3, -0.25) is 14.9 Å². The Bertz CT molecular complexity index is 1580. The summed E-state index contributed by atoms with van der Waals surface area (Å²) in [5.41, 5.74) is 4.11. The highest BCUT2D eigenvalue weighted by Crippen LogP contribution is 2.45. The van der Waals surface area contributed by atoms with Gasteiger partial charge in [0, 0.05) is 18.1 Å². The number of hydrogen-bond donors (Lipinski definition) is 0. The predicted octanol–water partition coefficient (Wildman–Crippen LogP) is 6.34. The number of nitro benzene ring substituents is 1. The number of allylic oxidation sites excluding steroid dienone is 1. The number of rotatable bonds is 7. The van der Waals surface area contributed by atoms with Crippen molar-refractivity contribution in [3.63, 3.8) is 0 Å². The first kappa shape index (κ1) is 27.3. The number of hydrazone groups is 1. The van der Waals surface area contributed by atoms with Crippen LogP contribution in [0.2, 0.25) is 0 Å². The van der Waals surface area contributed by atoms with E-state index >= 15 is 0 Å². The molecule has 0 bridgehead atoms. The summed E-state index contributed by atoms with van der Waals surface area (Å²) in [6.45, 7) is 0. The number of hydrogen-bond acceptors (Lipinski definition) is 7. The highest BCUT2D eigenvalue weighted by molar-refractivity contribution is 6.10. The quantitative estimate of drug-likeness (QED) is 0.147. The van der Waals surface area contributed by atoms with E-state index in [4.69, 9.17) is 14.6 Å². The van der Waals surface area contributed by atoms with Crippen LogP contribution < -0.4 is 9.47 Å². The second kappa shape index (κ2) is 11.9. The van der Waals surface area contributed by atoms with Crippen LogP contribution in [0.1, 0.15) is 42.0 Å². The average molecular weight is 549 g/mol. The molecule has 2 aliphatic rings. The smallest absolute Gasteiger partial charge is 0.285 e. The molecule has 0 aromatic heterocycles. The fraction of sp³-hybridized carbons (Fsp3) is 0.219. The number of benzene rings is 3. The summed E-state index contributed by atoms with van der Waals surface area (Å²) in [6, 6.07) is 22.6. The summed E-state index contributed by atoms with van der Waals surface area (Å²) in [6.07, 6.45) is 6.13. The number of nitriles is 1. The first-order valence-electron chi connectivity index (χ1n) is 13.2. The van der Waals surface area contributed by atoms with Gasteiger partial charge in [0.15, 0.2) is 0 Å². The first-order valence-corrected chi connectivity index (χ1v) is 13.2. The topological polar surface area (TPSA) is 118 Å². The number of carbonyl (C=O) groups excluding carboxylic acids is 1. The third-order valence-corrected chi connectivity index (χ3v) is 7.39. The summed E-state index contributed by atoms with van der Waals surface area (Å²) >= 11 is 0. The molecular formula is C32H28N4O5. The van der Waals surface area contributed by atoms with Gasteiger partial charge in [-0.1, -0.05) is 24.3 Å². The lowest BCUT2D eigenvalue weighted by Gasteiger charge is -2.29. The van der Waals surface area contributed by atoms with Crippen molar-refractivity contribution in [2.75, 3.05) is 14.2 Å². The number of ether oxygens (including phenoxy) is 2. The Morgan fingerprint density at radius 1 is 1.00 bits per heavy atom. The largest absolute Gasteiger partial charge is 0.497 e. The third kappa shape index (κ3) is 5.72. The molecule has 1 saturated carbocycles. The molecule has 1 amide bonds. The minimum absolute atomic E-state index is 0.0510. The molecule has 206 valence electrons. The normalized spacial score (nSPS) is 19.2. The number of carbonyl (C=O) groups is 1. The van der Waals surface area contributed by atoms with Crippen molar-refractivity contribution in [2.45, 2.75) is 25.3 Å². The molecule has 0 spiro atoms. The van der Waals surface area contributed by atoms with Crippen molar-refractivity contribution in [2.24, 2.45) is 11.0 Å². The zero-order chi connectivity index (χ0) is 28.9. The molecule has 2 atom stereocenters. The SMILES string of the molecule is COc1ccc(/C=C2\CCC[C@H]3C2=NN(C(=O)/C(C#N)=C\c2ccc([N+](=O)[O-])cc2)[C@@H]3c2ccc(OC)cc2)cc1. The maximum absolute atomic E-state index is 13.9. The minimum atomic E-state index is -0.530. The summed E-state index contributed by atoms with van der Waals surface area (Å²) in [5, 5.41) is 27.3. The van der Waals surface area contributed by atoms with Crippen LogP contribution in [0.3, 0.4) is 0 Å². The number of methoxy groups -OCH3 is 2. The van der Waals surface area contributed by atoms with Gasteiger partial charge in [-0.15, -0.1) is 0 Å². The Balaban J connectivity index is 1.54. The fourth-order valence-electron chi connectivity index (χ4n) is 5.33. The summed E-state index contributed by atoms with van der Waals surface area (Å²) in [4.78, 5) is 24.4. The Kier molecular flexibility index (Phi) is 7.92. The molecule has 0 saturated heterocycles. The lowest BCUT2D eigenvalue weighted by molar-refractivity contribution is -0.384. The molecule has 5 rings (SSSR count). The lowest BCUT2D eigenvalue weighted by Crippen LogP contribution is -2.32. The van der Waals surface area contributed by atoms with Crippen LogP contribution in [0, 0.1) is 27.4 Å². The molecule has 0 N–H and O–H groups in total. The van der Waals surface area contributed by atoms with Crippen LogP contribution in [0.5, 0.6) is 11.5 Å². The fourth-order valence-corrected chi connectivity index (χ4v) is 5.33. The highest BCUT2D eigenvalue weighted by atomic mass is 16.6. The predicted molar refractivity (Wildman–Crippen MR) is 155 cm³/mol. The van der Waals surface area contributed by atoms with Gasteiger partial charge in [-0.25, -0.2) is 5.01 Å². The van der Waals surface area contributed by atoms with Crippen LogP contribution in [0.15, 0.2) is 89.0 Å². The molecular weight excluding hydrogens is 520 g/mol. The molecule has 1 heterocycles. The maximum atomic E-state index is 13.9. The standard InChI is InChI=1S/C32H28N4O5/c1-40-27-14-8-22(9-15-27)18-24-4-3-5-29-30(24)34-35(31(29)23-10-16-28(41-2)17-11-23)32(37)25(20-33)19-21-6-12-26(13-7-21)36(38)39/h6-19,29,31H,3-5H2,1-2H3/b24-18+,25-19-/t29-,31+/m0/s1. The van der Waals surface area contributed by atoms with E-state index < -0.39 is 16.9 Å². The summed E-state index contributed by atoms with van der Waals surface area (Å²) in [5.74, 6) is 0.889. The van der Waals surface area contributed by atoms with Gasteiger partial charge in [0.05, 0.1) is 30.9 Å². The van der Waals surface area contributed by atoms with E-state index in [0.29, 0.717) is 11.3 Å². The lowest BCUT2D eigenvalue weighted by atomic mass is 9.77. The van der Waals surface area contributed by atoms with Crippen LogP contribution in [0.4, 0.5) is 5.69 Å². The second-order valence-electron chi connectivity index (χ2n) is 9.81. The monoisotopic (exact) mass is 548 g/mol. The van der Waals surface area contributed by atoms with E-state index in [2.05, 4.69) is 6.08 Å². The van der Waals surface area contributed by atoms with E-state index in [9.17, 15) is 20.2 Å². The third-order valence-electron chi connectivity index (χ3n) is 7.39. The van der Waals surface area contributed by atoms with Gasteiger partial charge in [0.2, 0.25) is 0 Å². The van der Waals surface area contributed by atoms with E-state index in [1.54, 1.807) is 14.2 Å². The summed E-state index contributed by atoms with van der Waals surface area (Å²) in [7, 11) is 3.23. The average Bonchev–Trinajstić information content (AvgIpc) is 3.41. The molecule has 3 aromatic rings. The maximum Gasteiger partial charge on any atom is 0.285 e. The second-order valence-corrected chi connectivity index (χ2v) is 9.81. The molecule has 0 unspecified atom stereocenters. The Labute approximate surface area is 237 Å². The van der Waals surface area contributed by atoms with Gasteiger partial charge < -0.3 is 9.47 Å². The van der Waals surface area contributed by atoms with Gasteiger partial charge >= 0.3 is 0 Å². The van der Waals surface area contributed by atoms with E-state index in [-0.39, 0.29) is 17.2 Å². The minimum Gasteiger partial charge on any atom is -0.497 e. The Morgan fingerprint density at radius 2 is 1.61 bits per heavy atom. The van der Waals surface area contributed by atoms with Gasteiger partial charge in [0.1, 0.15) is 23.1 Å². The molecule has 1 aliphatic heterocycles. The zero-order valence-electron chi connectivity index (χ0n) is 22.7. The first-order chi connectivity index (χ1) is 19.9. The number of fused-ring (bicyclic) bond motifs is 1. The van der Waals surface area contributed by atoms with Crippen molar-refractivity contribution >= 4 is 29.5 Å². The Morgan fingerprint density at radius 3 is 2.20 bits per heavy atom. The van der Waals surface area contributed by atoms with Crippen LogP contribution in [-0.4, -0.2) is 35.8 Å². The van der Waals surface area contributed by atoms with Crippen LogP contribution in [0.25, 0.3) is 12.2 Å². The molecule has 9 nitrogen and oxygen atoms in total. The molecule has 1 fully saturated rings. The molecule has 0 radical (unpaired) electrons. The van der Waals surface area contributed by atoms with Crippen molar-refractivity contribution in [3.05, 3.63) is 111 Å². The zero-order valence-corrected chi connectivity index (χ0v) is 22.7. The number of nitrogens with zero attached hydrogens (tertiary/aromatic N) is 4. The molecule has 9 heteroatoms. The van der Waals surface area contributed by atoms with Gasteiger partial charge in [-0.05, 0) is 90.1 Å². The van der Waals surface area contributed by atoms with Gasteiger partial charge in [0.25, 0.3) is 11.6 Å². The van der Waals surface area contributed by atoms with E-state index in [1.807, 2.05) is 54.6 Å². The summed E-state index contributed by atoms with van der Waals surface area (Å²) < 4.78 is 10.6. The van der Waals surface area contributed by atoms with Crippen molar-refractivity contribution in [1.29, 1.82) is 5.26 Å². The van der Waals surface area contributed by atoms with Crippen molar-refractivity contribution in [1.82, 2.24) is 5.01 Å². The number of amides is 1. The van der Waals surface area contributed by atoms with Crippen molar-refractivity contribution in [3.8, 4) is 17.6 Å². The number of nitro groups is 1. The van der Waals surface area contributed by atoms with Crippen molar-refractivity contribution < 1.29 is 19.2 Å². The molecule has 3 aromatic carbocycles. The molecule has 41 heavy (non-hydrogen) atoms. The number of non-ortho nitro benzene ring substituents is 1. The van der Waals surface area contributed by atoms with E-state index in [1.165, 1.54) is 35.4 Å². The van der Waals surface area contributed by atoms with E-state index in [0.717, 1.165) is 47.4 Å². The van der Waals surface area contributed by atoms with Crippen LogP contribution >= 0.6 is 0 Å². The highest BCUT2D eigenvalue weighted by Gasteiger charge is 2.44.